The van der Waals surface area contributed by atoms with Crippen LogP contribution in [0.5, 0.6) is 0 Å². The normalized spacial score (nSPS) is 9.09. The molecule has 0 bridgehead atoms. The van der Waals surface area contributed by atoms with Crippen LogP contribution in [-0.2, 0) is 14.3 Å². The molecule has 0 rings (SSSR count). The summed E-state index contributed by atoms with van der Waals surface area (Å²) in [6, 6.07) is 0. The molecule has 0 saturated carbocycles. The zero-order chi connectivity index (χ0) is 8.36. The zero-order valence-corrected chi connectivity index (χ0v) is 6.34. The highest BCUT2D eigenvalue weighted by Crippen LogP contribution is 1.79. The van der Waals surface area contributed by atoms with Gasteiger partial charge in [-0.1, -0.05) is 0 Å². The number of nitrogens with one attached hydrogen (secondary N) is 1. The second-order valence-electron chi connectivity index (χ2n) is 1.99. The summed E-state index contributed by atoms with van der Waals surface area (Å²) in [6.07, 6.45) is 2.29. The molecule has 0 aliphatic carbocycles. The average molecular weight is 158 g/mol. The third kappa shape index (κ3) is 9.10. The van der Waals surface area contributed by atoms with Crippen molar-refractivity contribution >= 4 is 12.8 Å². The maximum atomic E-state index is 9.84. The van der Waals surface area contributed by atoms with E-state index in [0.717, 1.165) is 19.3 Å². The molecule has 11 heavy (non-hydrogen) atoms. The monoisotopic (exact) mass is 158 g/mol. The highest BCUT2D eigenvalue weighted by Gasteiger charge is 1.87. The first-order chi connectivity index (χ1) is 5.41. The summed E-state index contributed by atoms with van der Waals surface area (Å²) in [5.74, 6) is 0. The van der Waals surface area contributed by atoms with Crippen LogP contribution < -0.4 is 5.32 Å². The summed E-state index contributed by atoms with van der Waals surface area (Å²) in [5, 5.41) is 2.99. The van der Waals surface area contributed by atoms with Gasteiger partial charge in [0, 0.05) is 13.0 Å². The van der Waals surface area contributed by atoms with E-state index in [1.165, 1.54) is 6.47 Å². The van der Waals surface area contributed by atoms with Gasteiger partial charge >= 0.3 is 6.47 Å². The number of rotatable bonds is 8. The molecule has 0 heterocycles. The highest BCUT2D eigenvalue weighted by molar-refractivity contribution is 5.48. The minimum absolute atomic E-state index is 0.338. The Bertz CT molecular complexity index is 93.9. The molecule has 0 saturated heterocycles. The number of aldehydes is 1. The summed E-state index contributed by atoms with van der Waals surface area (Å²) in [4.78, 5) is 19.4. The SMILES string of the molecule is O=[C]OCCNCCCC=O. The number of unbranched alkanes of at least 4 members (excludes halogenated alkanes) is 1. The van der Waals surface area contributed by atoms with E-state index in [2.05, 4.69) is 10.1 Å². The third-order valence-electron chi connectivity index (χ3n) is 1.12. The van der Waals surface area contributed by atoms with E-state index in [0.29, 0.717) is 19.6 Å². The molecule has 0 aliphatic rings. The molecule has 1 N–H and O–H groups in total. The minimum Gasteiger partial charge on any atom is -0.456 e. The van der Waals surface area contributed by atoms with Crippen molar-refractivity contribution in [2.45, 2.75) is 12.8 Å². The van der Waals surface area contributed by atoms with Crippen molar-refractivity contribution in [3.8, 4) is 0 Å². The lowest BCUT2D eigenvalue weighted by atomic mass is 10.3. The van der Waals surface area contributed by atoms with E-state index in [9.17, 15) is 9.59 Å². The molecule has 1 radical (unpaired) electrons. The number of carbonyl (C=O) groups is 1. The minimum atomic E-state index is 0.338. The Labute approximate surface area is 65.9 Å². The van der Waals surface area contributed by atoms with Gasteiger partial charge in [0.2, 0.25) is 0 Å². The van der Waals surface area contributed by atoms with Crippen LogP contribution >= 0.6 is 0 Å². The first-order valence-electron chi connectivity index (χ1n) is 3.55. The van der Waals surface area contributed by atoms with Crippen LogP contribution in [0.3, 0.4) is 0 Å². The predicted octanol–water partition coefficient (Wildman–Crippen LogP) is -0.361. The van der Waals surface area contributed by atoms with Crippen LogP contribution in [0.2, 0.25) is 0 Å². The molecule has 0 spiro atoms. The van der Waals surface area contributed by atoms with Crippen molar-refractivity contribution in [2.24, 2.45) is 0 Å². The van der Waals surface area contributed by atoms with Crippen LogP contribution in [0.1, 0.15) is 12.8 Å². The van der Waals surface area contributed by atoms with Crippen molar-refractivity contribution < 1.29 is 14.3 Å². The van der Waals surface area contributed by atoms with E-state index < -0.39 is 0 Å². The lowest BCUT2D eigenvalue weighted by Gasteiger charge is -2.00. The Morgan fingerprint density at radius 1 is 1.45 bits per heavy atom. The summed E-state index contributed by atoms with van der Waals surface area (Å²) in [6.45, 7) is 3.06. The van der Waals surface area contributed by atoms with E-state index in [1.807, 2.05) is 0 Å². The lowest BCUT2D eigenvalue weighted by Crippen LogP contribution is -2.20. The molecule has 0 fully saturated rings. The molecule has 4 heteroatoms. The van der Waals surface area contributed by atoms with E-state index in [1.54, 1.807) is 0 Å². The van der Waals surface area contributed by atoms with Gasteiger partial charge in [-0.15, -0.1) is 0 Å². The van der Waals surface area contributed by atoms with Crippen LogP contribution in [0.15, 0.2) is 0 Å². The summed E-state index contributed by atoms with van der Waals surface area (Å²) in [5.41, 5.74) is 0. The molecule has 63 valence electrons. The fourth-order valence-electron chi connectivity index (χ4n) is 0.600. The average Bonchev–Trinajstić information content (AvgIpc) is 2.03. The first kappa shape index (κ1) is 10.1. The van der Waals surface area contributed by atoms with Crippen molar-refractivity contribution in [3.05, 3.63) is 0 Å². The van der Waals surface area contributed by atoms with Gasteiger partial charge in [0.1, 0.15) is 12.9 Å². The highest BCUT2D eigenvalue weighted by atomic mass is 16.5. The topological polar surface area (TPSA) is 55.4 Å². The van der Waals surface area contributed by atoms with Crippen molar-refractivity contribution in [1.29, 1.82) is 0 Å². The molecule has 0 unspecified atom stereocenters. The molecule has 0 aliphatic heterocycles. The molecule has 0 aromatic carbocycles. The van der Waals surface area contributed by atoms with Gasteiger partial charge in [-0.05, 0) is 13.0 Å². The Kier molecular flexibility index (Phi) is 8.36. The van der Waals surface area contributed by atoms with Crippen molar-refractivity contribution in [2.75, 3.05) is 19.7 Å². The first-order valence-corrected chi connectivity index (χ1v) is 3.55. The lowest BCUT2D eigenvalue weighted by molar-refractivity contribution is -0.107. The number of ether oxygens (including phenoxy) is 1. The van der Waals surface area contributed by atoms with Crippen LogP contribution in [-0.4, -0.2) is 32.5 Å². The fourth-order valence-corrected chi connectivity index (χ4v) is 0.600. The molecule has 0 atom stereocenters. The van der Waals surface area contributed by atoms with Gasteiger partial charge in [-0.3, -0.25) is 0 Å². The summed E-state index contributed by atoms with van der Waals surface area (Å²) >= 11 is 0. The molecule has 4 nitrogen and oxygen atoms in total. The smallest absolute Gasteiger partial charge is 0.417 e. The quantitative estimate of drug-likeness (QED) is 0.387. The number of hydrogen-bond donors (Lipinski definition) is 1. The summed E-state index contributed by atoms with van der Waals surface area (Å²) in [7, 11) is 0. The van der Waals surface area contributed by atoms with Gasteiger partial charge < -0.3 is 14.8 Å². The van der Waals surface area contributed by atoms with Crippen LogP contribution in [0.25, 0.3) is 0 Å². The number of carbonyl (C=O) groups excluding carboxylic acids is 2. The molecular formula is C7H12NO3. The largest absolute Gasteiger partial charge is 0.456 e. The van der Waals surface area contributed by atoms with E-state index >= 15 is 0 Å². The maximum Gasteiger partial charge on any atom is 0.417 e. The summed E-state index contributed by atoms with van der Waals surface area (Å²) < 4.78 is 4.30. The van der Waals surface area contributed by atoms with Crippen molar-refractivity contribution in [3.63, 3.8) is 0 Å². The second-order valence-corrected chi connectivity index (χ2v) is 1.99. The molecule has 0 amide bonds. The van der Waals surface area contributed by atoms with Gasteiger partial charge in [0.25, 0.3) is 0 Å². The second kappa shape index (κ2) is 9.10. The Morgan fingerprint density at radius 3 is 2.91 bits per heavy atom. The molecular weight excluding hydrogens is 146 g/mol. The van der Waals surface area contributed by atoms with Crippen molar-refractivity contribution in [1.82, 2.24) is 5.32 Å². The van der Waals surface area contributed by atoms with Gasteiger partial charge in [-0.2, -0.15) is 0 Å². The van der Waals surface area contributed by atoms with Gasteiger partial charge in [0.15, 0.2) is 0 Å². The fraction of sp³-hybridized carbons (Fsp3) is 0.714. The third-order valence-corrected chi connectivity index (χ3v) is 1.12. The van der Waals surface area contributed by atoms with E-state index in [4.69, 9.17) is 0 Å². The van der Waals surface area contributed by atoms with Gasteiger partial charge in [-0.25, -0.2) is 4.79 Å². The number of hydrogen-bond acceptors (Lipinski definition) is 4. The maximum absolute atomic E-state index is 9.84. The zero-order valence-electron chi connectivity index (χ0n) is 6.34. The van der Waals surface area contributed by atoms with Gasteiger partial charge in [0.05, 0.1) is 0 Å². The Balaban J connectivity index is 2.79. The predicted molar refractivity (Wildman–Crippen MR) is 39.8 cm³/mol. The molecule has 0 aromatic rings. The Morgan fingerprint density at radius 2 is 2.27 bits per heavy atom. The molecule has 0 aromatic heterocycles. The van der Waals surface area contributed by atoms with Crippen LogP contribution in [0.4, 0.5) is 0 Å². The van der Waals surface area contributed by atoms with Crippen LogP contribution in [0, 0.1) is 0 Å². The van der Waals surface area contributed by atoms with E-state index in [-0.39, 0.29) is 0 Å². The standard InChI is InChI=1S/C7H12NO3/c9-5-2-1-3-8-4-6-11-7-10/h5,8H,1-4,6H2. The Hall–Kier alpha value is -0.900.